The van der Waals surface area contributed by atoms with Gasteiger partial charge in [-0.15, -0.1) is 0 Å². The molecule has 0 aliphatic carbocycles. The number of carbonyl (C=O) groups excluding carboxylic acids is 1. The zero-order valence-electron chi connectivity index (χ0n) is 18.4. The fourth-order valence-electron chi connectivity index (χ4n) is 4.05. The maximum Gasteiger partial charge on any atom is 0.232 e. The third kappa shape index (κ3) is 5.61. The van der Waals surface area contributed by atoms with Gasteiger partial charge in [0.05, 0.1) is 12.9 Å². The van der Waals surface area contributed by atoms with Crippen LogP contribution in [0.3, 0.4) is 0 Å². The van der Waals surface area contributed by atoms with Crippen molar-refractivity contribution >= 4 is 29.2 Å². The first kappa shape index (κ1) is 21.7. The lowest BCUT2D eigenvalue weighted by Crippen LogP contribution is -2.46. The van der Waals surface area contributed by atoms with Crippen molar-refractivity contribution < 1.29 is 9.53 Å². The summed E-state index contributed by atoms with van der Waals surface area (Å²) in [5.74, 6) is 3.19. The summed E-state index contributed by atoms with van der Waals surface area (Å²) < 4.78 is 5.25. The molecule has 0 spiro atoms. The van der Waals surface area contributed by atoms with Gasteiger partial charge >= 0.3 is 0 Å². The van der Waals surface area contributed by atoms with Crippen LogP contribution in [-0.4, -0.2) is 72.9 Å². The molecule has 0 N–H and O–H groups in total. The molecule has 166 valence electrons. The van der Waals surface area contributed by atoms with Crippen molar-refractivity contribution in [2.75, 3.05) is 61.9 Å². The summed E-state index contributed by atoms with van der Waals surface area (Å²) in [4.78, 5) is 28.0. The van der Waals surface area contributed by atoms with Crippen LogP contribution in [-0.2, 0) is 4.79 Å². The molecule has 2 aliphatic heterocycles. The largest absolute Gasteiger partial charge is 0.497 e. The highest BCUT2D eigenvalue weighted by Gasteiger charge is 2.21. The van der Waals surface area contributed by atoms with Crippen LogP contribution in [0, 0.1) is 5.92 Å². The van der Waals surface area contributed by atoms with Gasteiger partial charge in [0.15, 0.2) is 0 Å². The van der Waals surface area contributed by atoms with Crippen molar-refractivity contribution in [1.82, 2.24) is 14.9 Å². The molecule has 8 heteroatoms. The zero-order valence-corrected chi connectivity index (χ0v) is 19.2. The van der Waals surface area contributed by atoms with Gasteiger partial charge in [0.25, 0.3) is 0 Å². The molecular weight excluding hydrogens is 410 g/mol. The number of piperazine rings is 1. The Morgan fingerprint density at radius 1 is 1.03 bits per heavy atom. The molecule has 3 heterocycles. The lowest BCUT2D eigenvalue weighted by atomic mass is 9.99. The van der Waals surface area contributed by atoms with Gasteiger partial charge in [-0.05, 0) is 43.0 Å². The molecule has 1 aromatic heterocycles. The highest BCUT2D eigenvalue weighted by atomic mass is 32.2. The molecule has 4 rings (SSSR count). The number of carbonyl (C=O) groups is 1. The summed E-state index contributed by atoms with van der Waals surface area (Å²) >= 11 is 1.51. The number of ether oxygens (including phenoxy) is 1. The number of nitrogens with zero attached hydrogens (tertiary/aromatic N) is 5. The Kier molecular flexibility index (Phi) is 7.17. The molecular formula is C23H31N5O2S. The third-order valence-corrected chi connectivity index (χ3v) is 7.06. The lowest BCUT2D eigenvalue weighted by molar-refractivity contribution is -0.129. The first-order valence-electron chi connectivity index (χ1n) is 11.0. The van der Waals surface area contributed by atoms with Gasteiger partial charge in [0.1, 0.15) is 22.9 Å². The number of thioether (sulfide) groups is 1. The highest BCUT2D eigenvalue weighted by molar-refractivity contribution is 7.99. The van der Waals surface area contributed by atoms with E-state index >= 15 is 0 Å². The SMILES string of the molecule is COc1ccc(N2CCN(c3cc(SCC(=O)N4CCC(C)CC4)ncn3)CC2)cc1. The van der Waals surface area contributed by atoms with Crippen molar-refractivity contribution in [2.45, 2.75) is 24.8 Å². The summed E-state index contributed by atoms with van der Waals surface area (Å²) in [5, 5.41) is 0.862. The van der Waals surface area contributed by atoms with Crippen LogP contribution in [0.15, 0.2) is 41.7 Å². The second-order valence-electron chi connectivity index (χ2n) is 8.24. The van der Waals surface area contributed by atoms with Crippen LogP contribution >= 0.6 is 11.8 Å². The zero-order chi connectivity index (χ0) is 21.6. The Hall–Kier alpha value is -2.48. The number of anilines is 2. The fourth-order valence-corrected chi connectivity index (χ4v) is 4.82. The molecule has 7 nitrogen and oxygen atoms in total. The van der Waals surface area contributed by atoms with Crippen LogP contribution in [0.25, 0.3) is 0 Å². The van der Waals surface area contributed by atoms with E-state index in [9.17, 15) is 4.79 Å². The van der Waals surface area contributed by atoms with E-state index in [-0.39, 0.29) is 5.91 Å². The minimum atomic E-state index is 0.213. The van der Waals surface area contributed by atoms with Gasteiger partial charge in [-0.1, -0.05) is 18.7 Å². The maximum atomic E-state index is 12.5. The maximum absolute atomic E-state index is 12.5. The molecule has 2 saturated heterocycles. The Morgan fingerprint density at radius 2 is 1.71 bits per heavy atom. The fraction of sp³-hybridized carbons (Fsp3) is 0.522. The Morgan fingerprint density at radius 3 is 2.39 bits per heavy atom. The van der Waals surface area contributed by atoms with Gasteiger partial charge in [-0.2, -0.15) is 0 Å². The van der Waals surface area contributed by atoms with Gasteiger partial charge in [0, 0.05) is 51.0 Å². The second-order valence-corrected chi connectivity index (χ2v) is 9.23. The molecule has 0 atom stereocenters. The average molecular weight is 442 g/mol. The lowest BCUT2D eigenvalue weighted by Gasteiger charge is -2.36. The molecule has 2 aliphatic rings. The van der Waals surface area contributed by atoms with E-state index in [1.807, 2.05) is 23.1 Å². The summed E-state index contributed by atoms with van der Waals surface area (Å²) in [5.41, 5.74) is 1.21. The van der Waals surface area contributed by atoms with E-state index < -0.39 is 0 Å². The summed E-state index contributed by atoms with van der Waals surface area (Å²) in [6.45, 7) is 7.70. The van der Waals surface area contributed by atoms with Crippen molar-refractivity contribution in [2.24, 2.45) is 5.92 Å². The molecule has 0 saturated carbocycles. The van der Waals surface area contributed by atoms with Gasteiger partial charge in [-0.25, -0.2) is 9.97 Å². The Balaban J connectivity index is 1.29. The van der Waals surface area contributed by atoms with E-state index in [0.717, 1.165) is 74.6 Å². The second kappa shape index (κ2) is 10.2. The van der Waals surface area contributed by atoms with Crippen molar-refractivity contribution in [1.29, 1.82) is 0 Å². The number of hydrogen-bond donors (Lipinski definition) is 0. The summed E-state index contributed by atoms with van der Waals surface area (Å²) in [6, 6.07) is 10.2. The van der Waals surface area contributed by atoms with Crippen molar-refractivity contribution in [3.05, 3.63) is 36.7 Å². The molecule has 0 unspecified atom stereocenters. The average Bonchev–Trinajstić information content (AvgIpc) is 2.83. The monoisotopic (exact) mass is 441 g/mol. The third-order valence-electron chi connectivity index (χ3n) is 6.15. The predicted octanol–water partition coefficient (Wildman–Crippen LogP) is 3.16. The minimum absolute atomic E-state index is 0.213. The van der Waals surface area contributed by atoms with E-state index in [1.54, 1.807) is 13.4 Å². The quantitative estimate of drug-likeness (QED) is 0.504. The number of piperidine rings is 1. The summed E-state index contributed by atoms with van der Waals surface area (Å²) in [7, 11) is 1.69. The molecule has 0 radical (unpaired) electrons. The Bertz CT molecular complexity index is 863. The number of benzene rings is 1. The van der Waals surface area contributed by atoms with E-state index in [1.165, 1.54) is 17.4 Å². The smallest absolute Gasteiger partial charge is 0.232 e. The molecule has 2 aromatic rings. The number of amides is 1. The topological polar surface area (TPSA) is 61.8 Å². The van der Waals surface area contributed by atoms with E-state index in [0.29, 0.717) is 5.75 Å². The predicted molar refractivity (Wildman–Crippen MR) is 125 cm³/mol. The van der Waals surface area contributed by atoms with Crippen molar-refractivity contribution in [3.8, 4) is 5.75 Å². The number of likely N-dealkylation sites (tertiary alicyclic amines) is 1. The van der Waals surface area contributed by atoms with Crippen LogP contribution in [0.1, 0.15) is 19.8 Å². The van der Waals surface area contributed by atoms with Crippen LogP contribution in [0.2, 0.25) is 0 Å². The van der Waals surface area contributed by atoms with Gasteiger partial charge in [0.2, 0.25) is 5.91 Å². The van der Waals surface area contributed by atoms with Crippen molar-refractivity contribution in [3.63, 3.8) is 0 Å². The van der Waals surface area contributed by atoms with Crippen LogP contribution < -0.4 is 14.5 Å². The molecule has 31 heavy (non-hydrogen) atoms. The standard InChI is InChI=1S/C23H31N5O2S/c1-18-7-9-28(10-8-18)23(29)16-31-22-15-21(24-17-25-22)27-13-11-26(12-14-27)19-3-5-20(30-2)6-4-19/h3-6,15,17-18H,7-14,16H2,1-2H3. The number of methoxy groups -OCH3 is 1. The molecule has 0 bridgehead atoms. The first-order chi connectivity index (χ1) is 15.1. The molecule has 2 fully saturated rings. The molecule has 1 aromatic carbocycles. The van der Waals surface area contributed by atoms with Gasteiger partial charge in [-0.3, -0.25) is 4.79 Å². The van der Waals surface area contributed by atoms with E-state index in [2.05, 4.69) is 38.8 Å². The van der Waals surface area contributed by atoms with Gasteiger partial charge < -0.3 is 19.4 Å². The highest BCUT2D eigenvalue weighted by Crippen LogP contribution is 2.25. The van der Waals surface area contributed by atoms with E-state index in [4.69, 9.17) is 4.74 Å². The van der Waals surface area contributed by atoms with Crippen LogP contribution in [0.4, 0.5) is 11.5 Å². The number of rotatable bonds is 6. The normalized spacial score (nSPS) is 17.7. The molecule has 1 amide bonds. The Labute approximate surface area is 188 Å². The minimum Gasteiger partial charge on any atom is -0.497 e. The number of hydrogen-bond acceptors (Lipinski definition) is 7. The van der Waals surface area contributed by atoms with Crippen LogP contribution in [0.5, 0.6) is 5.75 Å². The number of aromatic nitrogens is 2. The summed E-state index contributed by atoms with van der Waals surface area (Å²) in [6.07, 6.45) is 3.83. The first-order valence-corrected chi connectivity index (χ1v) is 12.0.